The van der Waals surface area contributed by atoms with Gasteiger partial charge in [-0.25, -0.2) is 4.79 Å². The van der Waals surface area contributed by atoms with Crippen LogP contribution in [0.25, 0.3) is 0 Å². The summed E-state index contributed by atoms with van der Waals surface area (Å²) in [7, 11) is 0. The molecule has 0 bridgehead atoms. The SMILES string of the molecule is CC(NCc1ccoc1)c1ccc(NC(N)=O)cc1. The van der Waals surface area contributed by atoms with Crippen LogP contribution in [0.4, 0.5) is 10.5 Å². The first-order chi connectivity index (χ1) is 9.15. The average Bonchev–Trinajstić information content (AvgIpc) is 2.89. The number of nitrogens with two attached hydrogens (primary N) is 1. The van der Waals surface area contributed by atoms with Gasteiger partial charge in [0.25, 0.3) is 0 Å². The number of nitrogens with one attached hydrogen (secondary N) is 2. The minimum atomic E-state index is -0.557. The predicted octanol–water partition coefficient (Wildman–Crippen LogP) is 2.62. The van der Waals surface area contributed by atoms with E-state index in [1.807, 2.05) is 30.3 Å². The molecule has 1 atom stereocenters. The minimum Gasteiger partial charge on any atom is -0.472 e. The normalized spacial score (nSPS) is 12.1. The molecule has 0 saturated carbocycles. The Morgan fingerprint density at radius 2 is 2.05 bits per heavy atom. The number of hydrogen-bond donors (Lipinski definition) is 3. The second-order valence-corrected chi connectivity index (χ2v) is 4.35. The molecule has 1 aromatic carbocycles. The number of carbonyl (C=O) groups is 1. The van der Waals surface area contributed by atoms with Crippen molar-refractivity contribution < 1.29 is 9.21 Å². The van der Waals surface area contributed by atoms with Crippen LogP contribution >= 0.6 is 0 Å². The first kappa shape index (κ1) is 13.2. The second kappa shape index (κ2) is 6.06. The molecule has 1 unspecified atom stereocenters. The summed E-state index contributed by atoms with van der Waals surface area (Å²) >= 11 is 0. The van der Waals surface area contributed by atoms with E-state index in [1.54, 1.807) is 12.5 Å². The smallest absolute Gasteiger partial charge is 0.316 e. The molecular weight excluding hydrogens is 242 g/mol. The van der Waals surface area contributed by atoms with E-state index in [2.05, 4.69) is 17.6 Å². The molecule has 0 aliphatic rings. The van der Waals surface area contributed by atoms with Crippen LogP contribution in [0.2, 0.25) is 0 Å². The molecule has 5 nitrogen and oxygen atoms in total. The van der Waals surface area contributed by atoms with Crippen molar-refractivity contribution in [3.8, 4) is 0 Å². The van der Waals surface area contributed by atoms with Gasteiger partial charge in [0.05, 0.1) is 12.5 Å². The van der Waals surface area contributed by atoms with E-state index in [-0.39, 0.29) is 6.04 Å². The topological polar surface area (TPSA) is 80.3 Å². The molecule has 1 heterocycles. The van der Waals surface area contributed by atoms with Gasteiger partial charge in [-0.1, -0.05) is 12.1 Å². The number of amides is 2. The fourth-order valence-electron chi connectivity index (χ4n) is 1.78. The third-order valence-corrected chi connectivity index (χ3v) is 2.87. The molecule has 1 aromatic heterocycles. The minimum absolute atomic E-state index is 0.206. The lowest BCUT2D eigenvalue weighted by atomic mass is 10.1. The molecule has 0 radical (unpaired) electrons. The molecule has 2 amide bonds. The van der Waals surface area contributed by atoms with Gasteiger partial charge in [-0.15, -0.1) is 0 Å². The van der Waals surface area contributed by atoms with Gasteiger partial charge >= 0.3 is 6.03 Å². The number of anilines is 1. The van der Waals surface area contributed by atoms with E-state index in [4.69, 9.17) is 10.2 Å². The van der Waals surface area contributed by atoms with Crippen molar-refractivity contribution in [2.75, 3.05) is 5.32 Å². The number of carbonyl (C=O) groups excluding carboxylic acids is 1. The average molecular weight is 259 g/mol. The van der Waals surface area contributed by atoms with E-state index < -0.39 is 6.03 Å². The molecule has 5 heteroatoms. The third-order valence-electron chi connectivity index (χ3n) is 2.87. The molecule has 4 N–H and O–H groups in total. The quantitative estimate of drug-likeness (QED) is 0.772. The molecule has 2 rings (SSSR count). The van der Waals surface area contributed by atoms with E-state index in [0.29, 0.717) is 5.69 Å². The summed E-state index contributed by atoms with van der Waals surface area (Å²) in [6.07, 6.45) is 3.38. The first-order valence-corrected chi connectivity index (χ1v) is 6.06. The second-order valence-electron chi connectivity index (χ2n) is 4.35. The van der Waals surface area contributed by atoms with E-state index >= 15 is 0 Å². The number of urea groups is 1. The van der Waals surface area contributed by atoms with Crippen LogP contribution < -0.4 is 16.4 Å². The number of rotatable bonds is 5. The molecule has 2 aromatic rings. The standard InChI is InChI=1S/C14H17N3O2/c1-10(16-8-11-6-7-19-9-11)12-2-4-13(5-3-12)17-14(15)18/h2-7,9-10,16H,8H2,1H3,(H3,15,17,18). The van der Waals surface area contributed by atoms with Gasteiger partial charge in [-0.2, -0.15) is 0 Å². The Morgan fingerprint density at radius 1 is 1.32 bits per heavy atom. The van der Waals surface area contributed by atoms with Crippen molar-refractivity contribution in [2.24, 2.45) is 5.73 Å². The zero-order valence-electron chi connectivity index (χ0n) is 10.7. The van der Waals surface area contributed by atoms with Gasteiger partial charge in [0, 0.05) is 23.8 Å². The lowest BCUT2D eigenvalue weighted by Crippen LogP contribution is -2.20. The maximum atomic E-state index is 10.7. The Morgan fingerprint density at radius 3 is 2.63 bits per heavy atom. The van der Waals surface area contributed by atoms with Crippen LogP contribution in [0.5, 0.6) is 0 Å². The molecular formula is C14H17N3O2. The highest BCUT2D eigenvalue weighted by Crippen LogP contribution is 2.16. The van der Waals surface area contributed by atoms with Crippen LogP contribution in [0.1, 0.15) is 24.1 Å². The van der Waals surface area contributed by atoms with E-state index in [0.717, 1.165) is 17.7 Å². The van der Waals surface area contributed by atoms with Gasteiger partial charge in [0.1, 0.15) is 0 Å². The molecule has 0 saturated heterocycles. The lowest BCUT2D eigenvalue weighted by molar-refractivity contribution is 0.259. The summed E-state index contributed by atoms with van der Waals surface area (Å²) in [5, 5.41) is 5.92. The molecule has 0 aliphatic heterocycles. The summed E-state index contributed by atoms with van der Waals surface area (Å²) in [5.74, 6) is 0. The van der Waals surface area contributed by atoms with Crippen molar-refractivity contribution in [1.29, 1.82) is 0 Å². The predicted molar refractivity (Wildman–Crippen MR) is 73.6 cm³/mol. The lowest BCUT2D eigenvalue weighted by Gasteiger charge is -2.14. The van der Waals surface area contributed by atoms with Crippen molar-refractivity contribution in [2.45, 2.75) is 19.5 Å². The molecule has 19 heavy (non-hydrogen) atoms. The largest absolute Gasteiger partial charge is 0.472 e. The number of furan rings is 1. The fourth-order valence-corrected chi connectivity index (χ4v) is 1.78. The third kappa shape index (κ3) is 3.86. The molecule has 100 valence electrons. The zero-order chi connectivity index (χ0) is 13.7. The van der Waals surface area contributed by atoms with Crippen LogP contribution in [0, 0.1) is 0 Å². The summed E-state index contributed by atoms with van der Waals surface area (Å²) in [6.45, 7) is 2.83. The van der Waals surface area contributed by atoms with Gasteiger partial charge in [0.15, 0.2) is 0 Å². The Labute approximate surface area is 111 Å². The van der Waals surface area contributed by atoms with Crippen LogP contribution in [0.15, 0.2) is 47.3 Å². The molecule has 0 spiro atoms. The Bertz CT molecular complexity index is 520. The van der Waals surface area contributed by atoms with Gasteiger partial charge < -0.3 is 20.8 Å². The Kier molecular flexibility index (Phi) is 4.20. The summed E-state index contributed by atoms with van der Waals surface area (Å²) in [6, 6.07) is 9.15. The highest BCUT2D eigenvalue weighted by molar-refractivity contribution is 5.87. The molecule has 0 aliphatic carbocycles. The summed E-state index contributed by atoms with van der Waals surface area (Å²) < 4.78 is 5.01. The monoisotopic (exact) mass is 259 g/mol. The number of benzene rings is 1. The zero-order valence-corrected chi connectivity index (χ0v) is 10.7. The summed E-state index contributed by atoms with van der Waals surface area (Å²) in [5.41, 5.74) is 7.99. The van der Waals surface area contributed by atoms with Crippen LogP contribution in [-0.4, -0.2) is 6.03 Å². The Balaban J connectivity index is 1.91. The van der Waals surface area contributed by atoms with E-state index in [9.17, 15) is 4.79 Å². The summed E-state index contributed by atoms with van der Waals surface area (Å²) in [4.78, 5) is 10.7. The highest BCUT2D eigenvalue weighted by atomic mass is 16.3. The van der Waals surface area contributed by atoms with E-state index in [1.165, 1.54) is 0 Å². The van der Waals surface area contributed by atoms with Crippen molar-refractivity contribution in [1.82, 2.24) is 5.32 Å². The number of hydrogen-bond acceptors (Lipinski definition) is 3. The van der Waals surface area contributed by atoms with Gasteiger partial charge in [-0.3, -0.25) is 0 Å². The van der Waals surface area contributed by atoms with Crippen LogP contribution in [0.3, 0.4) is 0 Å². The van der Waals surface area contributed by atoms with Crippen molar-refractivity contribution in [3.05, 3.63) is 54.0 Å². The van der Waals surface area contributed by atoms with Gasteiger partial charge in [-0.05, 0) is 30.7 Å². The van der Waals surface area contributed by atoms with Crippen molar-refractivity contribution in [3.63, 3.8) is 0 Å². The maximum Gasteiger partial charge on any atom is 0.316 e. The molecule has 0 fully saturated rings. The first-order valence-electron chi connectivity index (χ1n) is 6.06. The van der Waals surface area contributed by atoms with Crippen LogP contribution in [-0.2, 0) is 6.54 Å². The Hall–Kier alpha value is -2.27. The fraction of sp³-hybridized carbons (Fsp3) is 0.214. The highest BCUT2D eigenvalue weighted by Gasteiger charge is 2.05. The van der Waals surface area contributed by atoms with Gasteiger partial charge in [0.2, 0.25) is 0 Å². The maximum absolute atomic E-state index is 10.7. The van der Waals surface area contributed by atoms with Crippen molar-refractivity contribution >= 4 is 11.7 Å². The number of primary amides is 1.